The third-order valence-electron chi connectivity index (χ3n) is 4.12. The summed E-state index contributed by atoms with van der Waals surface area (Å²) in [6.45, 7) is 3.06. The molecular formula is C20H16BrNS. The van der Waals surface area contributed by atoms with Gasteiger partial charge >= 0.3 is 0 Å². The molecule has 0 aliphatic rings. The largest absolute Gasteiger partial charge is 0.341 e. The van der Waals surface area contributed by atoms with Gasteiger partial charge in [0.1, 0.15) is 0 Å². The second-order valence-electron chi connectivity index (χ2n) is 5.69. The minimum absolute atomic E-state index is 0.896. The zero-order chi connectivity index (χ0) is 15.8. The van der Waals surface area contributed by atoms with Crippen molar-refractivity contribution in [3.8, 4) is 11.1 Å². The third kappa shape index (κ3) is 2.75. The first-order valence-electron chi connectivity index (χ1n) is 7.60. The van der Waals surface area contributed by atoms with Crippen LogP contribution >= 0.6 is 27.3 Å². The number of thiophene rings is 1. The van der Waals surface area contributed by atoms with E-state index in [1.807, 2.05) is 11.3 Å². The van der Waals surface area contributed by atoms with Gasteiger partial charge in [-0.1, -0.05) is 54.6 Å². The predicted molar refractivity (Wildman–Crippen MR) is 103 cm³/mol. The standard InChI is InChI=1S/C20H16BrNS/c1-14-19(21)20-18(23-14)11-12-22(20)13-15-7-9-17(10-8-15)16-5-3-2-4-6-16/h2-12H,13H2,1H3. The summed E-state index contributed by atoms with van der Waals surface area (Å²) in [7, 11) is 0. The maximum absolute atomic E-state index is 3.73. The van der Waals surface area contributed by atoms with Crippen molar-refractivity contribution in [3.05, 3.63) is 81.8 Å². The molecule has 0 spiro atoms. The fourth-order valence-corrected chi connectivity index (χ4v) is 4.68. The molecule has 0 saturated carbocycles. The van der Waals surface area contributed by atoms with E-state index in [0.717, 1.165) is 6.54 Å². The fraction of sp³-hybridized carbons (Fsp3) is 0.100. The summed E-state index contributed by atoms with van der Waals surface area (Å²) in [5.74, 6) is 0. The number of hydrogen-bond acceptors (Lipinski definition) is 1. The van der Waals surface area contributed by atoms with Crippen LogP contribution < -0.4 is 0 Å². The molecule has 0 radical (unpaired) electrons. The number of nitrogens with zero attached hydrogens (tertiary/aromatic N) is 1. The summed E-state index contributed by atoms with van der Waals surface area (Å²) < 4.78 is 4.89. The molecule has 0 atom stereocenters. The third-order valence-corrected chi connectivity index (χ3v) is 6.41. The number of aryl methyl sites for hydroxylation is 1. The van der Waals surface area contributed by atoms with Crippen LogP contribution in [0.4, 0.5) is 0 Å². The molecule has 23 heavy (non-hydrogen) atoms. The van der Waals surface area contributed by atoms with Crippen molar-refractivity contribution in [1.82, 2.24) is 4.57 Å². The van der Waals surface area contributed by atoms with E-state index in [-0.39, 0.29) is 0 Å². The average molecular weight is 382 g/mol. The first-order chi connectivity index (χ1) is 11.2. The topological polar surface area (TPSA) is 4.93 Å². The van der Waals surface area contributed by atoms with Crippen molar-refractivity contribution in [3.63, 3.8) is 0 Å². The van der Waals surface area contributed by atoms with Gasteiger partial charge < -0.3 is 4.57 Å². The molecule has 0 bridgehead atoms. The number of aromatic nitrogens is 1. The predicted octanol–water partition coefficient (Wildman–Crippen LogP) is 6.49. The van der Waals surface area contributed by atoms with Crippen LogP contribution in [0, 0.1) is 6.92 Å². The van der Waals surface area contributed by atoms with Crippen molar-refractivity contribution in [1.29, 1.82) is 0 Å². The molecule has 4 aromatic rings. The van der Waals surface area contributed by atoms with Crippen molar-refractivity contribution in [2.45, 2.75) is 13.5 Å². The molecule has 0 fully saturated rings. The van der Waals surface area contributed by atoms with E-state index >= 15 is 0 Å². The summed E-state index contributed by atoms with van der Waals surface area (Å²) >= 11 is 5.57. The second-order valence-corrected chi connectivity index (χ2v) is 7.74. The number of benzene rings is 2. The van der Waals surface area contributed by atoms with Gasteiger partial charge in [-0.2, -0.15) is 0 Å². The van der Waals surface area contributed by atoms with Crippen LogP contribution in [0.2, 0.25) is 0 Å². The van der Waals surface area contributed by atoms with Gasteiger partial charge in [0.25, 0.3) is 0 Å². The highest BCUT2D eigenvalue weighted by Crippen LogP contribution is 2.36. The Bertz CT molecular complexity index is 949. The zero-order valence-corrected chi connectivity index (χ0v) is 15.2. The molecule has 114 valence electrons. The summed E-state index contributed by atoms with van der Waals surface area (Å²) in [6, 6.07) is 21.6. The van der Waals surface area contributed by atoms with Gasteiger partial charge in [0.2, 0.25) is 0 Å². The van der Waals surface area contributed by atoms with Gasteiger partial charge in [-0.05, 0) is 45.6 Å². The number of fused-ring (bicyclic) bond motifs is 1. The molecule has 2 aromatic heterocycles. The molecule has 4 rings (SSSR count). The van der Waals surface area contributed by atoms with Crippen LogP contribution in [-0.4, -0.2) is 4.57 Å². The number of halogens is 1. The van der Waals surface area contributed by atoms with E-state index in [4.69, 9.17) is 0 Å². The highest BCUT2D eigenvalue weighted by atomic mass is 79.9. The summed E-state index contributed by atoms with van der Waals surface area (Å²) in [4.78, 5) is 1.34. The van der Waals surface area contributed by atoms with Gasteiger partial charge in [-0.3, -0.25) is 0 Å². The molecule has 0 saturated heterocycles. The van der Waals surface area contributed by atoms with Crippen LogP contribution in [0.1, 0.15) is 10.4 Å². The van der Waals surface area contributed by atoms with E-state index < -0.39 is 0 Å². The van der Waals surface area contributed by atoms with Crippen molar-refractivity contribution in [2.75, 3.05) is 0 Å². The van der Waals surface area contributed by atoms with Gasteiger partial charge in [-0.15, -0.1) is 11.3 Å². The summed E-state index contributed by atoms with van der Waals surface area (Å²) in [6.07, 6.45) is 2.18. The maximum atomic E-state index is 3.73. The highest BCUT2D eigenvalue weighted by molar-refractivity contribution is 9.10. The Morgan fingerprint density at radius 2 is 1.61 bits per heavy atom. The van der Waals surface area contributed by atoms with E-state index in [2.05, 4.69) is 94.3 Å². The van der Waals surface area contributed by atoms with Crippen LogP contribution in [0.15, 0.2) is 71.3 Å². The summed E-state index contributed by atoms with van der Waals surface area (Å²) in [5.41, 5.74) is 5.15. The van der Waals surface area contributed by atoms with E-state index in [1.165, 1.54) is 36.3 Å². The first kappa shape index (κ1) is 14.7. The Morgan fingerprint density at radius 1 is 0.913 bits per heavy atom. The molecule has 0 aliphatic carbocycles. The molecule has 3 heteroatoms. The summed E-state index contributed by atoms with van der Waals surface area (Å²) in [5, 5.41) is 0. The normalized spacial score (nSPS) is 11.2. The molecule has 1 nitrogen and oxygen atoms in total. The first-order valence-corrected chi connectivity index (χ1v) is 9.21. The molecule has 0 unspecified atom stereocenters. The molecule has 0 N–H and O–H groups in total. The second kappa shape index (κ2) is 5.99. The van der Waals surface area contributed by atoms with Gasteiger partial charge in [0, 0.05) is 17.6 Å². The highest BCUT2D eigenvalue weighted by Gasteiger charge is 2.11. The van der Waals surface area contributed by atoms with Crippen LogP contribution in [0.25, 0.3) is 21.3 Å². The average Bonchev–Trinajstić information content (AvgIpc) is 3.10. The molecule has 0 amide bonds. The van der Waals surface area contributed by atoms with Crippen LogP contribution in [0.3, 0.4) is 0 Å². The molecule has 2 aromatic carbocycles. The lowest BCUT2D eigenvalue weighted by Crippen LogP contribution is -1.97. The molecule has 2 heterocycles. The SMILES string of the molecule is Cc1sc2ccn(Cc3ccc(-c4ccccc4)cc3)c2c1Br. The lowest BCUT2D eigenvalue weighted by atomic mass is 10.0. The Kier molecular flexibility index (Phi) is 3.83. The Morgan fingerprint density at radius 3 is 2.35 bits per heavy atom. The number of rotatable bonds is 3. The van der Waals surface area contributed by atoms with E-state index in [9.17, 15) is 0 Å². The van der Waals surface area contributed by atoms with Gasteiger partial charge in [0.15, 0.2) is 0 Å². The molecule has 0 aliphatic heterocycles. The van der Waals surface area contributed by atoms with E-state index in [0.29, 0.717) is 0 Å². The lowest BCUT2D eigenvalue weighted by molar-refractivity contribution is 0.836. The Hall–Kier alpha value is -1.84. The van der Waals surface area contributed by atoms with Crippen molar-refractivity contribution >= 4 is 37.5 Å². The monoisotopic (exact) mass is 381 g/mol. The smallest absolute Gasteiger partial charge is 0.0740 e. The van der Waals surface area contributed by atoms with Crippen LogP contribution in [-0.2, 0) is 6.54 Å². The lowest BCUT2D eigenvalue weighted by Gasteiger charge is -2.07. The van der Waals surface area contributed by atoms with Gasteiger partial charge in [0.05, 0.1) is 14.7 Å². The number of hydrogen-bond donors (Lipinski definition) is 0. The van der Waals surface area contributed by atoms with Crippen molar-refractivity contribution < 1.29 is 0 Å². The molecular weight excluding hydrogens is 366 g/mol. The Labute approximate surface area is 148 Å². The minimum atomic E-state index is 0.896. The quantitative estimate of drug-likeness (QED) is 0.382. The minimum Gasteiger partial charge on any atom is -0.341 e. The van der Waals surface area contributed by atoms with Gasteiger partial charge in [-0.25, -0.2) is 0 Å². The fourth-order valence-electron chi connectivity index (χ4n) is 2.91. The van der Waals surface area contributed by atoms with Crippen molar-refractivity contribution in [2.24, 2.45) is 0 Å². The van der Waals surface area contributed by atoms with Crippen LogP contribution in [0.5, 0.6) is 0 Å². The zero-order valence-electron chi connectivity index (χ0n) is 12.8. The Balaban J connectivity index is 1.64. The maximum Gasteiger partial charge on any atom is 0.0740 e. The van der Waals surface area contributed by atoms with E-state index in [1.54, 1.807) is 0 Å².